The first-order valence-electron chi connectivity index (χ1n) is 9.65. The van der Waals surface area contributed by atoms with Gasteiger partial charge in [0.15, 0.2) is 5.82 Å². The maximum absolute atomic E-state index is 4.83. The molecular weight excluding hydrogens is 380 g/mol. The minimum Gasteiger partial charge on any atom is -0.273 e. The van der Waals surface area contributed by atoms with E-state index in [0.717, 1.165) is 38.5 Å². The lowest BCUT2D eigenvalue weighted by atomic mass is 10.2. The van der Waals surface area contributed by atoms with Crippen LogP contribution in [0.2, 0.25) is 0 Å². The second kappa shape index (κ2) is 7.40. The van der Waals surface area contributed by atoms with E-state index in [2.05, 4.69) is 43.8 Å². The number of hydrogen-bond donors (Lipinski definition) is 0. The molecule has 0 bridgehead atoms. The standard InChI is InChI=1S/C22H20N6S/c1-14-15(2)24-19(17-7-6-12-23-13-17)25-21(14)29-22-27-26-20(16-10-11-16)28(22)18-8-4-3-5-9-18/h3-9,12-13,16H,10-11H2,1-2H3. The molecule has 1 aromatic carbocycles. The molecule has 1 aliphatic carbocycles. The molecule has 5 rings (SSSR count). The van der Waals surface area contributed by atoms with Crippen molar-refractivity contribution in [2.45, 2.75) is 42.8 Å². The first-order chi connectivity index (χ1) is 14.2. The van der Waals surface area contributed by atoms with E-state index in [1.807, 2.05) is 37.3 Å². The molecule has 0 aliphatic heterocycles. The van der Waals surface area contributed by atoms with Crippen LogP contribution in [0.25, 0.3) is 17.1 Å². The monoisotopic (exact) mass is 400 g/mol. The Morgan fingerprint density at radius 1 is 0.966 bits per heavy atom. The lowest BCUT2D eigenvalue weighted by molar-refractivity contribution is 0.827. The molecule has 0 saturated heterocycles. The Labute approximate surface area is 173 Å². The summed E-state index contributed by atoms with van der Waals surface area (Å²) in [6.07, 6.45) is 5.89. The topological polar surface area (TPSA) is 69.4 Å². The normalized spacial score (nSPS) is 13.6. The molecule has 3 aromatic heterocycles. The number of pyridine rings is 1. The van der Waals surface area contributed by atoms with Crippen molar-refractivity contribution in [2.75, 3.05) is 0 Å². The lowest BCUT2D eigenvalue weighted by Crippen LogP contribution is -2.03. The third kappa shape index (κ3) is 3.53. The van der Waals surface area contributed by atoms with Crippen LogP contribution < -0.4 is 0 Å². The summed E-state index contributed by atoms with van der Waals surface area (Å²) in [7, 11) is 0. The second-order valence-electron chi connectivity index (χ2n) is 7.19. The zero-order valence-corrected chi connectivity index (χ0v) is 17.1. The Hall–Kier alpha value is -3.06. The van der Waals surface area contributed by atoms with Crippen LogP contribution in [-0.2, 0) is 0 Å². The Bertz CT molecular complexity index is 1150. The van der Waals surface area contributed by atoms with Gasteiger partial charge in [-0.25, -0.2) is 9.97 Å². The predicted octanol–water partition coefficient (Wildman–Crippen LogP) is 4.76. The van der Waals surface area contributed by atoms with Crippen LogP contribution in [0, 0.1) is 13.8 Å². The van der Waals surface area contributed by atoms with Crippen molar-refractivity contribution in [3.8, 4) is 17.1 Å². The van der Waals surface area contributed by atoms with Crippen LogP contribution >= 0.6 is 11.8 Å². The molecule has 6 nitrogen and oxygen atoms in total. The third-order valence-corrected chi connectivity index (χ3v) is 6.11. The van der Waals surface area contributed by atoms with Gasteiger partial charge in [0.05, 0.1) is 0 Å². The van der Waals surface area contributed by atoms with Crippen molar-refractivity contribution < 1.29 is 0 Å². The third-order valence-electron chi connectivity index (χ3n) is 5.07. The van der Waals surface area contributed by atoms with Crippen molar-refractivity contribution in [2.24, 2.45) is 0 Å². The lowest BCUT2D eigenvalue weighted by Gasteiger charge is -2.12. The molecule has 1 aliphatic rings. The number of aromatic nitrogens is 6. The Morgan fingerprint density at radius 2 is 1.79 bits per heavy atom. The molecule has 0 unspecified atom stereocenters. The molecule has 7 heteroatoms. The van der Waals surface area contributed by atoms with Crippen LogP contribution in [-0.4, -0.2) is 29.7 Å². The molecule has 0 amide bonds. The molecule has 3 heterocycles. The van der Waals surface area contributed by atoms with E-state index < -0.39 is 0 Å². The number of hydrogen-bond acceptors (Lipinski definition) is 6. The van der Waals surface area contributed by atoms with Gasteiger partial charge in [-0.1, -0.05) is 18.2 Å². The number of benzene rings is 1. The fourth-order valence-electron chi connectivity index (χ4n) is 3.19. The number of rotatable bonds is 5. The van der Waals surface area contributed by atoms with Gasteiger partial charge in [0.25, 0.3) is 0 Å². The van der Waals surface area contributed by atoms with Crippen LogP contribution in [0.5, 0.6) is 0 Å². The van der Waals surface area contributed by atoms with Gasteiger partial charge in [-0.2, -0.15) is 0 Å². The number of para-hydroxylation sites is 1. The van der Waals surface area contributed by atoms with E-state index in [1.165, 1.54) is 12.8 Å². The predicted molar refractivity (Wildman–Crippen MR) is 112 cm³/mol. The van der Waals surface area contributed by atoms with E-state index in [9.17, 15) is 0 Å². The van der Waals surface area contributed by atoms with Crippen molar-refractivity contribution in [1.29, 1.82) is 0 Å². The van der Waals surface area contributed by atoms with Gasteiger partial charge in [-0.3, -0.25) is 9.55 Å². The van der Waals surface area contributed by atoms with Crippen LogP contribution in [0.3, 0.4) is 0 Å². The average molecular weight is 401 g/mol. The zero-order valence-electron chi connectivity index (χ0n) is 16.3. The Morgan fingerprint density at radius 3 is 2.52 bits per heavy atom. The second-order valence-corrected chi connectivity index (χ2v) is 8.15. The first-order valence-corrected chi connectivity index (χ1v) is 10.5. The van der Waals surface area contributed by atoms with Crippen molar-refractivity contribution in [3.05, 3.63) is 71.9 Å². The van der Waals surface area contributed by atoms with Gasteiger partial charge in [0, 0.05) is 40.8 Å². The van der Waals surface area contributed by atoms with Crippen LogP contribution in [0.4, 0.5) is 0 Å². The van der Waals surface area contributed by atoms with Gasteiger partial charge in [-0.15, -0.1) is 10.2 Å². The molecular formula is C22H20N6S. The first kappa shape index (κ1) is 18.0. The fraction of sp³-hybridized carbons (Fsp3) is 0.227. The summed E-state index contributed by atoms with van der Waals surface area (Å²) in [6.45, 7) is 4.06. The van der Waals surface area contributed by atoms with E-state index in [1.54, 1.807) is 24.2 Å². The summed E-state index contributed by atoms with van der Waals surface area (Å²) in [5, 5.41) is 10.8. The van der Waals surface area contributed by atoms with E-state index in [4.69, 9.17) is 4.98 Å². The van der Waals surface area contributed by atoms with E-state index >= 15 is 0 Å². The largest absolute Gasteiger partial charge is 0.273 e. The maximum atomic E-state index is 4.83. The van der Waals surface area contributed by atoms with Crippen LogP contribution in [0.1, 0.15) is 35.8 Å². The molecule has 0 N–H and O–H groups in total. The summed E-state index contributed by atoms with van der Waals surface area (Å²) >= 11 is 1.54. The minimum atomic E-state index is 0.497. The molecule has 0 atom stereocenters. The summed E-state index contributed by atoms with van der Waals surface area (Å²) in [5.41, 5.74) is 3.99. The number of nitrogens with zero attached hydrogens (tertiary/aromatic N) is 6. The summed E-state index contributed by atoms with van der Waals surface area (Å²) in [4.78, 5) is 13.7. The highest BCUT2D eigenvalue weighted by Crippen LogP contribution is 2.42. The summed E-state index contributed by atoms with van der Waals surface area (Å²) in [5.74, 6) is 2.21. The van der Waals surface area contributed by atoms with Gasteiger partial charge in [0.2, 0.25) is 5.16 Å². The van der Waals surface area contributed by atoms with Gasteiger partial charge < -0.3 is 0 Å². The fourth-order valence-corrected chi connectivity index (χ4v) is 4.16. The minimum absolute atomic E-state index is 0.497. The Kier molecular flexibility index (Phi) is 4.60. The average Bonchev–Trinajstić information content (AvgIpc) is 3.52. The molecule has 1 fully saturated rings. The zero-order chi connectivity index (χ0) is 19.8. The molecule has 0 radical (unpaired) electrons. The van der Waals surface area contributed by atoms with E-state index in [-0.39, 0.29) is 0 Å². The highest BCUT2D eigenvalue weighted by molar-refractivity contribution is 7.99. The SMILES string of the molecule is Cc1nc(-c2cccnc2)nc(Sc2nnc(C3CC3)n2-c2ccccc2)c1C. The molecule has 29 heavy (non-hydrogen) atoms. The van der Waals surface area contributed by atoms with Crippen LogP contribution in [0.15, 0.2) is 65.0 Å². The quantitative estimate of drug-likeness (QED) is 0.450. The van der Waals surface area contributed by atoms with Gasteiger partial charge in [0.1, 0.15) is 10.9 Å². The highest BCUT2D eigenvalue weighted by atomic mass is 32.2. The van der Waals surface area contributed by atoms with Crippen molar-refractivity contribution in [3.63, 3.8) is 0 Å². The molecule has 1 saturated carbocycles. The summed E-state index contributed by atoms with van der Waals surface area (Å²) in [6, 6.07) is 14.2. The van der Waals surface area contributed by atoms with Gasteiger partial charge in [-0.05, 0) is 62.7 Å². The molecule has 0 spiro atoms. The summed E-state index contributed by atoms with van der Waals surface area (Å²) < 4.78 is 2.17. The number of aryl methyl sites for hydroxylation is 1. The molecule has 4 aromatic rings. The molecule has 144 valence electrons. The van der Waals surface area contributed by atoms with Gasteiger partial charge >= 0.3 is 0 Å². The maximum Gasteiger partial charge on any atom is 0.202 e. The smallest absolute Gasteiger partial charge is 0.202 e. The highest BCUT2D eigenvalue weighted by Gasteiger charge is 2.31. The van der Waals surface area contributed by atoms with Crippen molar-refractivity contribution >= 4 is 11.8 Å². The van der Waals surface area contributed by atoms with E-state index in [0.29, 0.717) is 11.7 Å². The Balaban J connectivity index is 1.58. The van der Waals surface area contributed by atoms with Crippen molar-refractivity contribution in [1.82, 2.24) is 29.7 Å².